The van der Waals surface area contributed by atoms with Crippen LogP contribution < -0.4 is 10.2 Å². The van der Waals surface area contributed by atoms with E-state index in [0.717, 1.165) is 24.2 Å². The van der Waals surface area contributed by atoms with Crippen molar-refractivity contribution in [2.75, 3.05) is 24.3 Å². The van der Waals surface area contributed by atoms with Gasteiger partial charge in [0.15, 0.2) is 0 Å². The summed E-state index contributed by atoms with van der Waals surface area (Å²) in [5, 5.41) is 3.02. The van der Waals surface area contributed by atoms with Crippen LogP contribution in [0.25, 0.3) is 0 Å². The summed E-state index contributed by atoms with van der Waals surface area (Å²) >= 11 is 0. The number of hydrogen-bond donors (Lipinski definition) is 1. The van der Waals surface area contributed by atoms with Gasteiger partial charge in [0, 0.05) is 25.5 Å². The monoisotopic (exact) mass is 280 g/mol. The summed E-state index contributed by atoms with van der Waals surface area (Å²) in [5.41, 5.74) is 5.30. The maximum atomic E-state index is 12.5. The van der Waals surface area contributed by atoms with Crippen molar-refractivity contribution >= 4 is 17.3 Å². The highest BCUT2D eigenvalue weighted by atomic mass is 16.1. The van der Waals surface area contributed by atoms with Crippen LogP contribution in [-0.4, -0.2) is 20.0 Å². The molecule has 0 aromatic heterocycles. The lowest BCUT2D eigenvalue weighted by Crippen LogP contribution is -2.18. The van der Waals surface area contributed by atoms with Gasteiger partial charge in [-0.3, -0.25) is 4.79 Å². The molecule has 0 radical (unpaired) electrons. The number of benzene rings is 2. The Bertz CT molecular complexity index is 677. The van der Waals surface area contributed by atoms with Crippen molar-refractivity contribution in [2.24, 2.45) is 0 Å². The Morgan fingerprint density at radius 1 is 1.05 bits per heavy atom. The lowest BCUT2D eigenvalue weighted by molar-refractivity contribution is 0.102. The number of para-hydroxylation sites is 1. The molecule has 0 atom stereocenters. The highest BCUT2D eigenvalue weighted by Crippen LogP contribution is 2.26. The van der Waals surface area contributed by atoms with E-state index in [0.29, 0.717) is 5.56 Å². The fraction of sp³-hybridized carbons (Fsp3) is 0.278. The minimum atomic E-state index is -0.0581. The smallest absolute Gasteiger partial charge is 0.257 e. The van der Waals surface area contributed by atoms with Crippen molar-refractivity contribution < 1.29 is 4.79 Å². The van der Waals surface area contributed by atoms with Gasteiger partial charge in [-0.05, 0) is 54.7 Å². The number of anilines is 2. The predicted molar refractivity (Wildman–Crippen MR) is 87.2 cm³/mol. The van der Waals surface area contributed by atoms with Gasteiger partial charge in [0.25, 0.3) is 5.91 Å². The third kappa shape index (κ3) is 2.77. The Hall–Kier alpha value is -2.29. The zero-order chi connectivity index (χ0) is 14.8. The number of carbonyl (C=O) groups excluding carboxylic acids is 1. The molecule has 108 valence electrons. The van der Waals surface area contributed by atoms with Gasteiger partial charge in [0.05, 0.1) is 5.56 Å². The minimum Gasteiger partial charge on any atom is -0.377 e. The van der Waals surface area contributed by atoms with Gasteiger partial charge < -0.3 is 10.2 Å². The quantitative estimate of drug-likeness (QED) is 0.933. The molecule has 0 heterocycles. The average Bonchev–Trinajstić information content (AvgIpc) is 2.94. The molecule has 2 aromatic rings. The zero-order valence-corrected chi connectivity index (χ0v) is 12.5. The molecule has 2 aromatic carbocycles. The van der Waals surface area contributed by atoms with Crippen LogP contribution in [0.15, 0.2) is 42.5 Å². The van der Waals surface area contributed by atoms with E-state index in [1.165, 1.54) is 17.5 Å². The number of nitrogens with one attached hydrogen (secondary N) is 1. The molecule has 1 aliphatic carbocycles. The van der Waals surface area contributed by atoms with E-state index in [4.69, 9.17) is 0 Å². The standard InChI is InChI=1S/C18H20N2O/c1-20(2)17-9-4-3-8-16(17)18(21)19-15-11-10-13-6-5-7-14(13)12-15/h3-4,8-12H,5-7H2,1-2H3,(H,19,21). The van der Waals surface area contributed by atoms with Gasteiger partial charge in [0.2, 0.25) is 0 Å². The molecule has 21 heavy (non-hydrogen) atoms. The first kappa shape index (κ1) is 13.7. The van der Waals surface area contributed by atoms with E-state index in [1.807, 2.05) is 49.3 Å². The van der Waals surface area contributed by atoms with Crippen molar-refractivity contribution in [3.63, 3.8) is 0 Å². The third-order valence-electron chi connectivity index (χ3n) is 3.99. The Balaban J connectivity index is 1.84. The maximum absolute atomic E-state index is 12.5. The normalized spacial score (nSPS) is 12.9. The summed E-state index contributed by atoms with van der Waals surface area (Å²) in [6.07, 6.45) is 3.50. The van der Waals surface area contributed by atoms with Gasteiger partial charge in [-0.2, -0.15) is 0 Å². The second-order valence-corrected chi connectivity index (χ2v) is 5.70. The van der Waals surface area contributed by atoms with E-state index in [-0.39, 0.29) is 5.91 Å². The van der Waals surface area contributed by atoms with E-state index >= 15 is 0 Å². The molecular formula is C18H20N2O. The maximum Gasteiger partial charge on any atom is 0.257 e. The predicted octanol–water partition coefficient (Wildman–Crippen LogP) is 3.49. The molecule has 0 bridgehead atoms. The van der Waals surface area contributed by atoms with Gasteiger partial charge in [0.1, 0.15) is 0 Å². The summed E-state index contributed by atoms with van der Waals surface area (Å²) in [7, 11) is 3.89. The molecule has 3 heteroatoms. The molecule has 1 N–H and O–H groups in total. The molecule has 0 saturated carbocycles. The zero-order valence-electron chi connectivity index (χ0n) is 12.5. The SMILES string of the molecule is CN(C)c1ccccc1C(=O)Nc1ccc2c(c1)CCC2. The first-order chi connectivity index (χ1) is 10.1. The number of carbonyl (C=O) groups is 1. The number of rotatable bonds is 3. The first-order valence-electron chi connectivity index (χ1n) is 7.34. The fourth-order valence-electron chi connectivity index (χ4n) is 2.90. The van der Waals surface area contributed by atoms with Crippen LogP contribution in [0, 0.1) is 0 Å². The number of fused-ring (bicyclic) bond motifs is 1. The second kappa shape index (κ2) is 5.60. The largest absolute Gasteiger partial charge is 0.377 e. The first-order valence-corrected chi connectivity index (χ1v) is 7.34. The van der Waals surface area contributed by atoms with Crippen LogP contribution in [-0.2, 0) is 12.8 Å². The topological polar surface area (TPSA) is 32.3 Å². The van der Waals surface area contributed by atoms with Crippen LogP contribution in [0.4, 0.5) is 11.4 Å². The van der Waals surface area contributed by atoms with Gasteiger partial charge in [-0.1, -0.05) is 18.2 Å². The van der Waals surface area contributed by atoms with Gasteiger partial charge in [-0.25, -0.2) is 0 Å². The molecule has 0 spiro atoms. The molecule has 0 unspecified atom stereocenters. The van der Waals surface area contributed by atoms with Crippen LogP contribution in [0.5, 0.6) is 0 Å². The van der Waals surface area contributed by atoms with E-state index in [9.17, 15) is 4.79 Å². The second-order valence-electron chi connectivity index (χ2n) is 5.70. The third-order valence-corrected chi connectivity index (χ3v) is 3.99. The minimum absolute atomic E-state index is 0.0581. The fourth-order valence-corrected chi connectivity index (χ4v) is 2.90. The van der Waals surface area contributed by atoms with Crippen molar-refractivity contribution in [1.82, 2.24) is 0 Å². The van der Waals surface area contributed by atoms with Gasteiger partial charge >= 0.3 is 0 Å². The number of hydrogen-bond acceptors (Lipinski definition) is 2. The van der Waals surface area contributed by atoms with Crippen LogP contribution in [0.3, 0.4) is 0 Å². The summed E-state index contributed by atoms with van der Waals surface area (Å²) in [5.74, 6) is -0.0581. The molecular weight excluding hydrogens is 260 g/mol. The van der Waals surface area contributed by atoms with Crippen molar-refractivity contribution in [3.05, 3.63) is 59.2 Å². The van der Waals surface area contributed by atoms with Crippen LogP contribution in [0.2, 0.25) is 0 Å². The van der Waals surface area contributed by atoms with E-state index in [1.54, 1.807) is 0 Å². The summed E-state index contributed by atoms with van der Waals surface area (Å²) in [4.78, 5) is 14.5. The van der Waals surface area contributed by atoms with E-state index < -0.39 is 0 Å². The summed E-state index contributed by atoms with van der Waals surface area (Å²) in [6, 6.07) is 13.9. The van der Waals surface area contributed by atoms with Crippen molar-refractivity contribution in [1.29, 1.82) is 0 Å². The Labute approximate surface area is 125 Å². The Morgan fingerprint density at radius 2 is 1.81 bits per heavy atom. The molecule has 1 amide bonds. The number of amides is 1. The molecule has 1 aliphatic rings. The molecule has 0 fully saturated rings. The highest BCUT2D eigenvalue weighted by Gasteiger charge is 2.14. The number of aryl methyl sites for hydroxylation is 2. The summed E-state index contributed by atoms with van der Waals surface area (Å²) in [6.45, 7) is 0. The molecule has 3 rings (SSSR count). The van der Waals surface area contributed by atoms with Crippen LogP contribution in [0.1, 0.15) is 27.9 Å². The van der Waals surface area contributed by atoms with Crippen molar-refractivity contribution in [2.45, 2.75) is 19.3 Å². The highest BCUT2D eigenvalue weighted by molar-refractivity contribution is 6.08. The molecule has 3 nitrogen and oxygen atoms in total. The Morgan fingerprint density at radius 3 is 2.62 bits per heavy atom. The van der Waals surface area contributed by atoms with Crippen molar-refractivity contribution in [3.8, 4) is 0 Å². The molecule has 0 aliphatic heterocycles. The number of nitrogens with zero attached hydrogens (tertiary/aromatic N) is 1. The molecule has 0 saturated heterocycles. The average molecular weight is 280 g/mol. The van der Waals surface area contributed by atoms with Crippen LogP contribution >= 0.6 is 0 Å². The van der Waals surface area contributed by atoms with Gasteiger partial charge in [-0.15, -0.1) is 0 Å². The Kier molecular flexibility index (Phi) is 3.65. The summed E-state index contributed by atoms with van der Waals surface area (Å²) < 4.78 is 0. The lowest BCUT2D eigenvalue weighted by atomic mass is 10.1. The van der Waals surface area contributed by atoms with E-state index in [2.05, 4.69) is 17.4 Å². The lowest BCUT2D eigenvalue weighted by Gasteiger charge is -2.17.